The fraction of sp³-hybridized carbons (Fsp3) is 0.476. The van der Waals surface area contributed by atoms with Crippen molar-refractivity contribution in [1.82, 2.24) is 15.1 Å². The molecule has 0 aliphatic carbocycles. The lowest BCUT2D eigenvalue weighted by Crippen LogP contribution is -2.41. The SMILES string of the molecule is CNC(=O)COc1c(-c2cnn(C3COC3)c2)ccc2c1CC[C@H](C)N2C(C)=O. The summed E-state index contributed by atoms with van der Waals surface area (Å²) in [5.74, 6) is 0.443. The van der Waals surface area contributed by atoms with E-state index >= 15 is 0 Å². The standard InChI is InChI=1S/C21H26N4O4/c1-13-4-5-18-19(25(13)14(2)26)7-6-17(21(18)29-12-20(27)22-3)15-8-23-24(9-15)16-10-28-11-16/h6-9,13,16H,4-5,10-12H2,1-3H3,(H,22,27)/t13-/m0/s1. The van der Waals surface area contributed by atoms with E-state index < -0.39 is 0 Å². The predicted molar refractivity (Wildman–Crippen MR) is 108 cm³/mol. The zero-order valence-corrected chi connectivity index (χ0v) is 17.0. The number of amides is 2. The Morgan fingerprint density at radius 3 is 2.79 bits per heavy atom. The van der Waals surface area contributed by atoms with E-state index in [-0.39, 0.29) is 30.5 Å². The summed E-state index contributed by atoms with van der Waals surface area (Å²) in [6.07, 6.45) is 5.41. The number of aromatic nitrogens is 2. The van der Waals surface area contributed by atoms with Crippen molar-refractivity contribution in [1.29, 1.82) is 0 Å². The Hall–Kier alpha value is -2.87. The molecule has 2 aliphatic rings. The van der Waals surface area contributed by atoms with Crippen LogP contribution in [0.25, 0.3) is 11.1 Å². The second kappa shape index (κ2) is 7.87. The third-order valence-corrected chi connectivity index (χ3v) is 5.62. The van der Waals surface area contributed by atoms with Gasteiger partial charge in [-0.1, -0.05) is 0 Å². The van der Waals surface area contributed by atoms with Crippen LogP contribution in [0.15, 0.2) is 24.5 Å². The number of fused-ring (bicyclic) bond motifs is 1. The molecule has 2 aromatic rings. The van der Waals surface area contributed by atoms with Gasteiger partial charge in [0.2, 0.25) is 5.91 Å². The van der Waals surface area contributed by atoms with Crippen molar-refractivity contribution in [3.63, 3.8) is 0 Å². The Morgan fingerprint density at radius 1 is 1.34 bits per heavy atom. The monoisotopic (exact) mass is 398 g/mol. The van der Waals surface area contributed by atoms with Crippen molar-refractivity contribution in [3.05, 3.63) is 30.1 Å². The molecule has 1 atom stereocenters. The van der Waals surface area contributed by atoms with Crippen LogP contribution in [0, 0.1) is 0 Å². The van der Waals surface area contributed by atoms with Crippen LogP contribution in [-0.2, 0) is 20.7 Å². The number of rotatable bonds is 5. The highest BCUT2D eigenvalue weighted by Gasteiger charge is 2.30. The van der Waals surface area contributed by atoms with Gasteiger partial charge in [0, 0.05) is 42.9 Å². The average Bonchev–Trinajstić information content (AvgIpc) is 3.12. The highest BCUT2D eigenvalue weighted by Crippen LogP contribution is 2.43. The molecule has 1 saturated heterocycles. The Balaban J connectivity index is 1.77. The van der Waals surface area contributed by atoms with E-state index in [1.54, 1.807) is 20.2 Å². The van der Waals surface area contributed by atoms with E-state index in [0.29, 0.717) is 19.0 Å². The molecular formula is C21H26N4O4. The number of nitrogens with zero attached hydrogens (tertiary/aromatic N) is 3. The van der Waals surface area contributed by atoms with Crippen molar-refractivity contribution in [2.24, 2.45) is 0 Å². The summed E-state index contributed by atoms with van der Waals surface area (Å²) in [5, 5.41) is 7.06. The number of benzene rings is 1. The molecule has 8 nitrogen and oxygen atoms in total. The van der Waals surface area contributed by atoms with Gasteiger partial charge in [0.25, 0.3) is 5.91 Å². The fourth-order valence-corrected chi connectivity index (χ4v) is 3.94. The van der Waals surface area contributed by atoms with Crippen LogP contribution in [0.4, 0.5) is 5.69 Å². The normalized spacial score (nSPS) is 18.7. The summed E-state index contributed by atoms with van der Waals surface area (Å²) in [5.41, 5.74) is 3.60. The van der Waals surface area contributed by atoms with Gasteiger partial charge in [-0.15, -0.1) is 0 Å². The van der Waals surface area contributed by atoms with Crippen LogP contribution >= 0.6 is 0 Å². The number of nitrogens with one attached hydrogen (secondary N) is 1. The summed E-state index contributed by atoms with van der Waals surface area (Å²) in [6.45, 7) is 4.87. The van der Waals surface area contributed by atoms with Gasteiger partial charge in [-0.25, -0.2) is 0 Å². The lowest BCUT2D eigenvalue weighted by atomic mass is 9.92. The van der Waals surface area contributed by atoms with E-state index in [0.717, 1.165) is 35.2 Å². The van der Waals surface area contributed by atoms with E-state index in [2.05, 4.69) is 10.4 Å². The summed E-state index contributed by atoms with van der Waals surface area (Å²) in [4.78, 5) is 25.9. The summed E-state index contributed by atoms with van der Waals surface area (Å²) in [7, 11) is 1.58. The molecule has 29 heavy (non-hydrogen) atoms. The molecule has 2 aliphatic heterocycles. The topological polar surface area (TPSA) is 85.7 Å². The minimum atomic E-state index is -0.205. The minimum Gasteiger partial charge on any atom is -0.483 e. The van der Waals surface area contributed by atoms with Crippen molar-refractivity contribution in [3.8, 4) is 16.9 Å². The smallest absolute Gasteiger partial charge is 0.257 e. The Morgan fingerprint density at radius 2 is 2.14 bits per heavy atom. The summed E-state index contributed by atoms with van der Waals surface area (Å²) < 4.78 is 13.2. The van der Waals surface area contributed by atoms with Gasteiger partial charge in [0.1, 0.15) is 5.75 Å². The molecular weight excluding hydrogens is 372 g/mol. The maximum Gasteiger partial charge on any atom is 0.257 e. The third kappa shape index (κ3) is 3.60. The van der Waals surface area contributed by atoms with E-state index in [4.69, 9.17) is 9.47 Å². The van der Waals surface area contributed by atoms with Crippen LogP contribution < -0.4 is 15.0 Å². The number of anilines is 1. The summed E-state index contributed by atoms with van der Waals surface area (Å²) >= 11 is 0. The van der Waals surface area contributed by atoms with Crippen molar-refractivity contribution in [2.75, 3.05) is 31.8 Å². The number of hydrogen-bond donors (Lipinski definition) is 1. The molecule has 0 radical (unpaired) electrons. The van der Waals surface area contributed by atoms with E-state index in [1.807, 2.05) is 34.8 Å². The van der Waals surface area contributed by atoms with E-state index in [9.17, 15) is 9.59 Å². The van der Waals surface area contributed by atoms with Gasteiger partial charge in [-0.3, -0.25) is 14.3 Å². The molecule has 1 aromatic carbocycles. The molecule has 1 fully saturated rings. The largest absolute Gasteiger partial charge is 0.483 e. The predicted octanol–water partition coefficient (Wildman–Crippen LogP) is 1.93. The highest BCUT2D eigenvalue weighted by atomic mass is 16.5. The molecule has 0 spiro atoms. The molecule has 154 valence electrons. The van der Waals surface area contributed by atoms with Crippen molar-refractivity contribution in [2.45, 2.75) is 38.8 Å². The van der Waals surface area contributed by atoms with Gasteiger partial charge >= 0.3 is 0 Å². The average molecular weight is 398 g/mol. The maximum absolute atomic E-state index is 12.3. The van der Waals surface area contributed by atoms with Gasteiger partial charge in [0.15, 0.2) is 6.61 Å². The zero-order valence-electron chi connectivity index (χ0n) is 17.0. The second-order valence-corrected chi connectivity index (χ2v) is 7.58. The molecule has 1 aromatic heterocycles. The Labute approximate surface area is 169 Å². The first-order chi connectivity index (χ1) is 14.0. The third-order valence-electron chi connectivity index (χ3n) is 5.62. The number of carbonyl (C=O) groups is 2. The molecule has 8 heteroatoms. The Bertz CT molecular complexity index is 935. The fourth-order valence-electron chi connectivity index (χ4n) is 3.94. The van der Waals surface area contributed by atoms with Crippen molar-refractivity contribution >= 4 is 17.5 Å². The van der Waals surface area contributed by atoms with Crippen molar-refractivity contribution < 1.29 is 19.1 Å². The molecule has 0 unspecified atom stereocenters. The molecule has 2 amide bonds. The van der Waals surface area contributed by atoms with E-state index in [1.165, 1.54) is 0 Å². The molecule has 4 rings (SSSR count). The van der Waals surface area contributed by atoms with Gasteiger partial charge in [0.05, 0.1) is 31.1 Å². The minimum absolute atomic E-state index is 0.00116. The first-order valence-corrected chi connectivity index (χ1v) is 9.91. The number of ether oxygens (including phenoxy) is 2. The van der Waals surface area contributed by atoms with Gasteiger partial charge in [-0.05, 0) is 31.9 Å². The van der Waals surface area contributed by atoms with Gasteiger partial charge in [-0.2, -0.15) is 5.10 Å². The van der Waals surface area contributed by atoms with Crippen LogP contribution in [0.5, 0.6) is 5.75 Å². The second-order valence-electron chi connectivity index (χ2n) is 7.58. The molecule has 3 heterocycles. The number of carbonyl (C=O) groups excluding carboxylic acids is 2. The van der Waals surface area contributed by atoms with Crippen LogP contribution in [0.3, 0.4) is 0 Å². The van der Waals surface area contributed by atoms with Crippen LogP contribution in [-0.4, -0.2) is 54.5 Å². The van der Waals surface area contributed by atoms with Crippen LogP contribution in [0.2, 0.25) is 0 Å². The molecule has 0 saturated carbocycles. The van der Waals surface area contributed by atoms with Gasteiger partial charge < -0.3 is 19.7 Å². The lowest BCUT2D eigenvalue weighted by molar-refractivity contribution is -0.122. The first kappa shape index (κ1) is 19.4. The molecule has 1 N–H and O–H groups in total. The Kier molecular flexibility index (Phi) is 5.27. The number of likely N-dealkylation sites (N-methyl/N-ethyl adjacent to an activating group) is 1. The highest BCUT2D eigenvalue weighted by molar-refractivity contribution is 5.95. The summed E-state index contributed by atoms with van der Waals surface area (Å²) in [6, 6.07) is 4.30. The maximum atomic E-state index is 12.3. The van der Waals surface area contributed by atoms with Crippen LogP contribution in [0.1, 0.15) is 31.9 Å². The first-order valence-electron chi connectivity index (χ1n) is 9.91. The lowest BCUT2D eigenvalue weighted by Gasteiger charge is -2.36. The quantitative estimate of drug-likeness (QED) is 0.832. The number of hydrogen-bond acceptors (Lipinski definition) is 5. The zero-order chi connectivity index (χ0) is 20.5. The molecule has 0 bridgehead atoms.